The molecule has 2 heterocycles. The second-order valence-corrected chi connectivity index (χ2v) is 7.78. The van der Waals surface area contributed by atoms with Crippen molar-refractivity contribution in [1.29, 1.82) is 0 Å². The van der Waals surface area contributed by atoms with Crippen molar-refractivity contribution in [1.82, 2.24) is 20.1 Å². The van der Waals surface area contributed by atoms with Gasteiger partial charge in [0.1, 0.15) is 5.75 Å². The molecular weight excluding hydrogens is 432 g/mol. The minimum Gasteiger partial charge on any atom is -0.497 e. The average molecular weight is 455 g/mol. The summed E-state index contributed by atoms with van der Waals surface area (Å²) in [6, 6.07) is 12.0. The monoisotopic (exact) mass is 454 g/mol. The number of thioether (sulfide) groups is 1. The van der Waals surface area contributed by atoms with Gasteiger partial charge in [-0.2, -0.15) is 0 Å². The van der Waals surface area contributed by atoms with Crippen LogP contribution in [-0.2, 0) is 13.1 Å². The number of aromatic nitrogens is 3. The number of amides is 1. The zero-order chi connectivity index (χ0) is 22.5. The zero-order valence-corrected chi connectivity index (χ0v) is 18.5. The normalized spacial score (nSPS) is 11.9. The summed E-state index contributed by atoms with van der Waals surface area (Å²) in [6.45, 7) is 2.94. The van der Waals surface area contributed by atoms with E-state index in [-0.39, 0.29) is 30.8 Å². The van der Waals surface area contributed by atoms with Crippen molar-refractivity contribution in [2.75, 3.05) is 19.7 Å². The number of carbonyl (C=O) groups is 2. The Morgan fingerprint density at radius 2 is 1.84 bits per heavy atom. The fourth-order valence-electron chi connectivity index (χ4n) is 3.16. The Hall–Kier alpha value is -3.53. The van der Waals surface area contributed by atoms with E-state index in [1.54, 1.807) is 49.6 Å². The van der Waals surface area contributed by atoms with Crippen LogP contribution >= 0.6 is 11.8 Å². The Morgan fingerprint density at radius 3 is 2.59 bits per heavy atom. The van der Waals surface area contributed by atoms with Crippen molar-refractivity contribution >= 4 is 23.5 Å². The molecule has 0 bridgehead atoms. The second kappa shape index (κ2) is 9.73. The molecule has 3 aromatic rings. The third-order valence-corrected chi connectivity index (χ3v) is 5.86. The van der Waals surface area contributed by atoms with Gasteiger partial charge in [0.2, 0.25) is 6.79 Å². The van der Waals surface area contributed by atoms with Crippen molar-refractivity contribution < 1.29 is 23.8 Å². The van der Waals surface area contributed by atoms with Gasteiger partial charge >= 0.3 is 0 Å². The van der Waals surface area contributed by atoms with Gasteiger partial charge in [0.15, 0.2) is 28.3 Å². The molecule has 0 aliphatic carbocycles. The van der Waals surface area contributed by atoms with E-state index in [9.17, 15) is 9.59 Å². The number of nitrogens with zero attached hydrogens (tertiary/aromatic N) is 3. The molecule has 1 aliphatic heterocycles. The number of carbonyl (C=O) groups excluding carboxylic acids is 2. The number of methoxy groups -OCH3 is 1. The summed E-state index contributed by atoms with van der Waals surface area (Å²) in [5.74, 6) is 2.45. The minimum atomic E-state index is -0.252. The Morgan fingerprint density at radius 1 is 1.09 bits per heavy atom. The summed E-state index contributed by atoms with van der Waals surface area (Å²) in [4.78, 5) is 25.0. The highest BCUT2D eigenvalue weighted by Crippen LogP contribution is 2.32. The lowest BCUT2D eigenvalue weighted by Gasteiger charge is -2.09. The van der Waals surface area contributed by atoms with Crippen molar-refractivity contribution in [3.05, 3.63) is 59.4 Å². The SMILES string of the molecule is CCn1c(CNC(=O)c2ccc3c(c2)OCO3)nnc1SCC(=O)c1ccc(OC)cc1. The van der Waals surface area contributed by atoms with E-state index in [0.717, 1.165) is 0 Å². The Kier molecular flexibility index (Phi) is 6.60. The number of rotatable bonds is 9. The molecule has 1 aliphatic rings. The molecule has 0 radical (unpaired) electrons. The second-order valence-electron chi connectivity index (χ2n) is 6.83. The molecule has 2 aromatic carbocycles. The van der Waals surface area contributed by atoms with Crippen LogP contribution in [0.1, 0.15) is 33.5 Å². The average Bonchev–Trinajstić information content (AvgIpc) is 3.46. The van der Waals surface area contributed by atoms with E-state index in [1.807, 2.05) is 11.5 Å². The highest BCUT2D eigenvalue weighted by molar-refractivity contribution is 7.99. The number of ketones is 1. The van der Waals surface area contributed by atoms with Gasteiger partial charge < -0.3 is 24.1 Å². The minimum absolute atomic E-state index is 0.0130. The van der Waals surface area contributed by atoms with E-state index >= 15 is 0 Å². The van der Waals surface area contributed by atoms with Crippen molar-refractivity contribution in [3.63, 3.8) is 0 Å². The third kappa shape index (κ3) is 4.70. The molecule has 0 unspecified atom stereocenters. The van der Waals surface area contributed by atoms with E-state index in [0.29, 0.717) is 45.9 Å². The molecule has 0 spiro atoms. The van der Waals surface area contributed by atoms with Crippen LogP contribution < -0.4 is 19.5 Å². The van der Waals surface area contributed by atoms with Crippen LogP contribution in [-0.4, -0.2) is 46.1 Å². The van der Waals surface area contributed by atoms with Crippen molar-refractivity contribution in [3.8, 4) is 17.2 Å². The number of benzene rings is 2. The lowest BCUT2D eigenvalue weighted by Crippen LogP contribution is -2.24. The third-order valence-electron chi connectivity index (χ3n) is 4.90. The van der Waals surface area contributed by atoms with Crippen LogP contribution in [0.5, 0.6) is 17.2 Å². The summed E-state index contributed by atoms with van der Waals surface area (Å²) in [6.07, 6.45) is 0. The number of fused-ring (bicyclic) bond motifs is 1. The van der Waals surface area contributed by atoms with Gasteiger partial charge in [-0.3, -0.25) is 9.59 Å². The molecule has 9 nitrogen and oxygen atoms in total. The summed E-state index contributed by atoms with van der Waals surface area (Å²) < 4.78 is 17.6. The number of nitrogens with one attached hydrogen (secondary N) is 1. The summed E-state index contributed by atoms with van der Waals surface area (Å²) in [5.41, 5.74) is 1.08. The number of ether oxygens (including phenoxy) is 3. The highest BCUT2D eigenvalue weighted by atomic mass is 32.2. The van der Waals surface area contributed by atoms with Gasteiger partial charge in [0.05, 0.1) is 19.4 Å². The van der Waals surface area contributed by atoms with Gasteiger partial charge in [-0.25, -0.2) is 0 Å². The Labute approximate surface area is 189 Å². The number of Topliss-reactive ketones (excluding diaryl/α,β-unsaturated/α-hetero) is 1. The first-order chi connectivity index (χ1) is 15.6. The molecule has 166 valence electrons. The topological polar surface area (TPSA) is 105 Å². The van der Waals surface area contributed by atoms with E-state index in [1.165, 1.54) is 11.8 Å². The Balaban J connectivity index is 1.36. The van der Waals surface area contributed by atoms with E-state index < -0.39 is 0 Å². The first-order valence-corrected chi connectivity index (χ1v) is 11.0. The largest absolute Gasteiger partial charge is 0.497 e. The molecule has 0 atom stereocenters. The number of hydrogen-bond donors (Lipinski definition) is 1. The first kappa shape index (κ1) is 21.7. The predicted molar refractivity (Wildman–Crippen MR) is 117 cm³/mol. The van der Waals surface area contributed by atoms with Gasteiger partial charge in [0, 0.05) is 17.7 Å². The number of hydrogen-bond acceptors (Lipinski definition) is 8. The van der Waals surface area contributed by atoms with Crippen molar-refractivity contribution in [2.24, 2.45) is 0 Å². The molecule has 1 amide bonds. The molecule has 10 heteroatoms. The molecule has 1 N–H and O–H groups in total. The summed E-state index contributed by atoms with van der Waals surface area (Å²) >= 11 is 1.31. The van der Waals surface area contributed by atoms with Crippen LogP contribution in [0.15, 0.2) is 47.6 Å². The highest BCUT2D eigenvalue weighted by Gasteiger charge is 2.18. The maximum atomic E-state index is 12.5. The fraction of sp³-hybridized carbons (Fsp3) is 0.273. The molecular formula is C22H22N4O5S. The smallest absolute Gasteiger partial charge is 0.251 e. The van der Waals surface area contributed by atoms with Crippen LogP contribution in [0.2, 0.25) is 0 Å². The molecule has 0 saturated heterocycles. The van der Waals surface area contributed by atoms with Crippen LogP contribution in [0, 0.1) is 0 Å². The molecule has 0 fully saturated rings. The zero-order valence-electron chi connectivity index (χ0n) is 17.7. The maximum absolute atomic E-state index is 12.5. The van der Waals surface area contributed by atoms with Crippen molar-refractivity contribution in [2.45, 2.75) is 25.2 Å². The van der Waals surface area contributed by atoms with Gasteiger partial charge in [-0.05, 0) is 49.4 Å². The van der Waals surface area contributed by atoms with Crippen LogP contribution in [0.25, 0.3) is 0 Å². The fourth-order valence-corrected chi connectivity index (χ4v) is 4.08. The predicted octanol–water partition coefficient (Wildman–Crippen LogP) is 2.94. The lowest BCUT2D eigenvalue weighted by molar-refractivity contribution is 0.0948. The molecule has 1 aromatic heterocycles. The van der Waals surface area contributed by atoms with Gasteiger partial charge in [-0.15, -0.1) is 10.2 Å². The lowest BCUT2D eigenvalue weighted by atomic mass is 10.1. The Bertz CT molecular complexity index is 1130. The van der Waals surface area contributed by atoms with E-state index in [4.69, 9.17) is 14.2 Å². The molecule has 32 heavy (non-hydrogen) atoms. The van der Waals surface area contributed by atoms with Crippen LogP contribution in [0.3, 0.4) is 0 Å². The quantitative estimate of drug-likeness (QED) is 0.389. The van der Waals surface area contributed by atoms with Gasteiger partial charge in [0.25, 0.3) is 5.91 Å². The molecule has 4 rings (SSSR count). The molecule has 0 saturated carbocycles. The summed E-state index contributed by atoms with van der Waals surface area (Å²) in [5, 5.41) is 11.9. The van der Waals surface area contributed by atoms with Gasteiger partial charge in [-0.1, -0.05) is 11.8 Å². The van der Waals surface area contributed by atoms with Crippen LogP contribution in [0.4, 0.5) is 0 Å². The standard InChI is InChI=1S/C22H22N4O5S/c1-3-26-20(11-23-21(28)15-6-9-18-19(10-15)31-13-30-18)24-25-22(26)32-12-17(27)14-4-7-16(29-2)8-5-14/h4-10H,3,11-13H2,1-2H3,(H,23,28). The summed E-state index contributed by atoms with van der Waals surface area (Å²) in [7, 11) is 1.58. The van der Waals surface area contributed by atoms with E-state index in [2.05, 4.69) is 15.5 Å². The first-order valence-electron chi connectivity index (χ1n) is 9.99. The maximum Gasteiger partial charge on any atom is 0.251 e.